The Kier molecular flexibility index (Phi) is 4.67. The molecule has 0 spiro atoms. The molecule has 0 amide bonds. The number of H-pyrrole nitrogens is 1. The van der Waals surface area contributed by atoms with E-state index in [1.165, 1.54) is 10.9 Å². The van der Waals surface area contributed by atoms with Gasteiger partial charge in [0.2, 0.25) is 0 Å². The molecule has 0 radical (unpaired) electrons. The van der Waals surface area contributed by atoms with Crippen LogP contribution in [0.4, 0.5) is 5.69 Å². The zero-order valence-corrected chi connectivity index (χ0v) is 16.5. The van der Waals surface area contributed by atoms with Crippen LogP contribution in [0.1, 0.15) is 25.0 Å². The van der Waals surface area contributed by atoms with E-state index in [2.05, 4.69) is 20.9 Å². The van der Waals surface area contributed by atoms with Crippen LogP contribution >= 0.6 is 11.6 Å². The number of hydrogen-bond donors (Lipinski definition) is 3. The third-order valence-electron chi connectivity index (χ3n) is 3.98. The first-order valence-corrected chi connectivity index (χ1v) is 9.87. The molecule has 0 unspecified atom stereocenters. The molecular weight excluding hydrogens is 390 g/mol. The molecule has 0 saturated heterocycles. The number of benzene rings is 1. The lowest BCUT2D eigenvalue weighted by molar-refractivity contribution is 0.0577. The number of nitriles is 1. The summed E-state index contributed by atoms with van der Waals surface area (Å²) in [7, 11) is -4.03. The first kappa shape index (κ1) is 19.2. The molecule has 1 aromatic carbocycles. The van der Waals surface area contributed by atoms with Gasteiger partial charge in [0.05, 0.1) is 35.1 Å². The average molecular weight is 408 g/mol. The fraction of sp³-hybridized carbons (Fsp3) is 0.294. The smallest absolute Gasteiger partial charge is 0.266 e. The Labute approximate surface area is 161 Å². The minimum atomic E-state index is -4.03. The minimum absolute atomic E-state index is 0.0400. The number of sulfonamides is 1. The highest BCUT2D eigenvalue weighted by Gasteiger charge is 2.26. The number of aryl methyl sites for hydroxylation is 1. The van der Waals surface area contributed by atoms with Crippen molar-refractivity contribution < 1.29 is 13.5 Å². The number of aliphatic hydroxyl groups is 1. The molecule has 0 aliphatic heterocycles. The maximum Gasteiger partial charge on any atom is 0.266 e. The van der Waals surface area contributed by atoms with Crippen LogP contribution in [0.25, 0.3) is 10.9 Å². The van der Waals surface area contributed by atoms with Gasteiger partial charge < -0.3 is 10.1 Å². The first-order chi connectivity index (χ1) is 12.5. The zero-order valence-electron chi connectivity index (χ0n) is 14.9. The number of fused-ring (bicyclic) bond motifs is 1. The molecule has 142 valence electrons. The predicted molar refractivity (Wildman–Crippen MR) is 102 cm³/mol. The number of hydrogen-bond acceptors (Lipinski definition) is 5. The van der Waals surface area contributed by atoms with Crippen LogP contribution in [0.5, 0.6) is 0 Å². The summed E-state index contributed by atoms with van der Waals surface area (Å²) in [6, 6.07) is 5.42. The lowest BCUT2D eigenvalue weighted by atomic mass is 10.1. The van der Waals surface area contributed by atoms with Crippen molar-refractivity contribution in [2.24, 2.45) is 0 Å². The van der Waals surface area contributed by atoms with E-state index < -0.39 is 15.6 Å². The molecule has 10 heteroatoms. The van der Waals surface area contributed by atoms with E-state index in [0.717, 1.165) is 11.8 Å². The van der Waals surface area contributed by atoms with Gasteiger partial charge in [0.15, 0.2) is 0 Å². The maximum absolute atomic E-state index is 12.8. The van der Waals surface area contributed by atoms with Gasteiger partial charge in [-0.1, -0.05) is 17.7 Å². The molecule has 3 N–H and O–H groups in total. The summed E-state index contributed by atoms with van der Waals surface area (Å²) in [5.74, 6) is 0. The van der Waals surface area contributed by atoms with Gasteiger partial charge in [-0.15, -0.1) is 0 Å². The lowest BCUT2D eigenvalue weighted by Gasteiger charge is -2.17. The molecule has 3 rings (SSSR count). The molecule has 0 bridgehead atoms. The van der Waals surface area contributed by atoms with Crippen molar-refractivity contribution in [1.29, 1.82) is 5.26 Å². The number of nitrogens with one attached hydrogen (secondary N) is 2. The number of halogens is 1. The van der Waals surface area contributed by atoms with E-state index in [4.69, 9.17) is 11.6 Å². The van der Waals surface area contributed by atoms with Crippen molar-refractivity contribution in [3.8, 4) is 6.07 Å². The molecule has 0 fully saturated rings. The van der Waals surface area contributed by atoms with Crippen molar-refractivity contribution in [1.82, 2.24) is 14.8 Å². The highest BCUT2D eigenvalue weighted by molar-refractivity contribution is 7.92. The Morgan fingerprint density at radius 1 is 1.44 bits per heavy atom. The highest BCUT2D eigenvalue weighted by atomic mass is 35.5. The van der Waals surface area contributed by atoms with Gasteiger partial charge in [-0.3, -0.25) is 4.72 Å². The number of nitrogens with zero attached hydrogens (tertiary/aromatic N) is 3. The summed E-state index contributed by atoms with van der Waals surface area (Å²) in [6.07, 6.45) is 2.67. The van der Waals surface area contributed by atoms with Gasteiger partial charge >= 0.3 is 0 Å². The monoisotopic (exact) mass is 407 g/mol. The quantitative estimate of drug-likeness (QED) is 0.599. The van der Waals surface area contributed by atoms with E-state index in [0.29, 0.717) is 22.2 Å². The summed E-state index contributed by atoms with van der Waals surface area (Å²) in [5.41, 5.74) is 0.977. The molecule has 0 atom stereocenters. The normalized spacial score (nSPS) is 12.3. The second-order valence-electron chi connectivity index (χ2n) is 6.87. The van der Waals surface area contributed by atoms with Crippen LogP contribution < -0.4 is 4.72 Å². The summed E-state index contributed by atoms with van der Waals surface area (Å²) in [6.45, 7) is 5.02. The highest BCUT2D eigenvalue weighted by Crippen LogP contribution is 2.31. The fourth-order valence-electron chi connectivity index (χ4n) is 2.80. The first-order valence-electron chi connectivity index (χ1n) is 8.01. The van der Waals surface area contributed by atoms with Gasteiger partial charge in [-0.25, -0.2) is 13.1 Å². The van der Waals surface area contributed by atoms with E-state index in [1.807, 2.05) is 6.92 Å². The van der Waals surface area contributed by atoms with Gasteiger partial charge in [0, 0.05) is 11.6 Å². The summed E-state index contributed by atoms with van der Waals surface area (Å²) in [4.78, 5) is 2.74. The maximum atomic E-state index is 12.8. The number of anilines is 1. The van der Waals surface area contributed by atoms with Gasteiger partial charge in [-0.2, -0.15) is 10.4 Å². The predicted octanol–water partition coefficient (Wildman–Crippen LogP) is 2.77. The van der Waals surface area contributed by atoms with E-state index in [-0.39, 0.29) is 16.6 Å². The number of aromatic amines is 1. The molecule has 2 heterocycles. The largest absolute Gasteiger partial charge is 0.389 e. The van der Waals surface area contributed by atoms with E-state index in [1.54, 1.807) is 26.0 Å². The second kappa shape index (κ2) is 6.56. The standard InChI is InChI=1S/C17H18ClN5O3S/c1-10-4-5-12(15-14(10)11(6-19)7-20-15)22-27(25,26)13-8-21-23(16(13)18)9-17(2,3)24/h4-5,7-8,20,22,24H,9H2,1-3H3. The fourth-order valence-corrected chi connectivity index (χ4v) is 4.34. The minimum Gasteiger partial charge on any atom is -0.389 e. The summed E-state index contributed by atoms with van der Waals surface area (Å²) >= 11 is 6.17. The van der Waals surface area contributed by atoms with Crippen LogP contribution in [-0.2, 0) is 16.6 Å². The van der Waals surface area contributed by atoms with Gasteiger partial charge in [0.25, 0.3) is 10.0 Å². The van der Waals surface area contributed by atoms with Crippen LogP contribution in [0.2, 0.25) is 5.15 Å². The second-order valence-corrected chi connectivity index (χ2v) is 8.88. The Hall–Kier alpha value is -2.54. The zero-order chi connectivity index (χ0) is 20.0. The van der Waals surface area contributed by atoms with Crippen molar-refractivity contribution in [2.45, 2.75) is 37.8 Å². The van der Waals surface area contributed by atoms with E-state index in [9.17, 15) is 18.8 Å². The Morgan fingerprint density at radius 2 is 2.15 bits per heavy atom. The van der Waals surface area contributed by atoms with Crippen molar-refractivity contribution in [2.75, 3.05) is 4.72 Å². The van der Waals surface area contributed by atoms with E-state index >= 15 is 0 Å². The molecule has 2 aromatic heterocycles. The third kappa shape index (κ3) is 3.64. The molecule has 8 nitrogen and oxygen atoms in total. The third-order valence-corrected chi connectivity index (χ3v) is 5.86. The number of rotatable bonds is 5. The topological polar surface area (TPSA) is 124 Å². The summed E-state index contributed by atoms with van der Waals surface area (Å²) in [5, 5.41) is 23.6. The SMILES string of the molecule is Cc1ccc(NS(=O)(=O)c2cnn(CC(C)(C)O)c2Cl)c2[nH]cc(C#N)c12. The van der Waals surface area contributed by atoms with Crippen molar-refractivity contribution >= 4 is 38.2 Å². The Bertz CT molecular complexity index is 1170. The lowest BCUT2D eigenvalue weighted by Crippen LogP contribution is -2.26. The average Bonchev–Trinajstić information content (AvgIpc) is 3.14. The van der Waals surface area contributed by atoms with Gasteiger partial charge in [-0.05, 0) is 32.4 Å². The summed E-state index contributed by atoms with van der Waals surface area (Å²) < 4.78 is 29.3. The number of aromatic nitrogens is 3. The van der Waals surface area contributed by atoms with Crippen molar-refractivity contribution in [3.05, 3.63) is 40.8 Å². The molecule has 3 aromatic rings. The Morgan fingerprint density at radius 3 is 2.78 bits per heavy atom. The Balaban J connectivity index is 2.02. The van der Waals surface area contributed by atoms with Gasteiger partial charge in [0.1, 0.15) is 16.1 Å². The molecule has 0 aliphatic carbocycles. The van der Waals surface area contributed by atoms with Crippen LogP contribution in [0.15, 0.2) is 29.4 Å². The molecule has 0 aliphatic rings. The molecule has 0 saturated carbocycles. The van der Waals surface area contributed by atoms with Crippen LogP contribution in [0, 0.1) is 18.3 Å². The van der Waals surface area contributed by atoms with Crippen LogP contribution in [0.3, 0.4) is 0 Å². The molecular formula is C17H18ClN5O3S. The molecule has 27 heavy (non-hydrogen) atoms. The van der Waals surface area contributed by atoms with Crippen LogP contribution in [-0.4, -0.2) is 33.9 Å². The van der Waals surface area contributed by atoms with Crippen molar-refractivity contribution in [3.63, 3.8) is 0 Å².